The molecule has 1 aliphatic rings. The number of ether oxygens (including phenoxy) is 1. The van der Waals surface area contributed by atoms with E-state index in [1.54, 1.807) is 0 Å². The first-order chi connectivity index (χ1) is 6.33. The molecule has 0 heterocycles. The molecule has 1 N–H and O–H groups in total. The van der Waals surface area contributed by atoms with Gasteiger partial charge in [-0.05, 0) is 31.7 Å². The molecule has 1 rings (SSSR count). The summed E-state index contributed by atoms with van der Waals surface area (Å²) in [6.07, 6.45) is 5.61. The summed E-state index contributed by atoms with van der Waals surface area (Å²) in [5.41, 5.74) is 0. The molecule has 2 unspecified atom stereocenters. The third-order valence-corrected chi connectivity index (χ3v) is 2.85. The van der Waals surface area contributed by atoms with Gasteiger partial charge < -0.3 is 10.1 Å². The Kier molecular flexibility index (Phi) is 4.74. The van der Waals surface area contributed by atoms with Crippen LogP contribution in [0.2, 0.25) is 0 Å². The number of nitrogens with one attached hydrogen (secondary N) is 1. The van der Waals surface area contributed by atoms with Gasteiger partial charge in [-0.15, -0.1) is 0 Å². The minimum absolute atomic E-state index is 0.428. The Hall–Kier alpha value is -0.0800. The van der Waals surface area contributed by atoms with Crippen molar-refractivity contribution in [1.29, 1.82) is 0 Å². The Morgan fingerprint density at radius 1 is 1.38 bits per heavy atom. The highest BCUT2D eigenvalue weighted by Crippen LogP contribution is 2.35. The van der Waals surface area contributed by atoms with E-state index in [1.807, 2.05) is 7.11 Å². The van der Waals surface area contributed by atoms with Gasteiger partial charge in [-0.25, -0.2) is 0 Å². The van der Waals surface area contributed by atoms with Gasteiger partial charge in [-0.2, -0.15) is 0 Å². The van der Waals surface area contributed by atoms with E-state index in [0.717, 1.165) is 12.5 Å². The standard InChI is InChI=1S/C11H23NO/c1-4-6-10(13-3)11(12-5-2)9-7-8-9/h9-12H,4-8H2,1-3H3. The fourth-order valence-electron chi connectivity index (χ4n) is 2.02. The fraction of sp³-hybridized carbons (Fsp3) is 1.00. The van der Waals surface area contributed by atoms with Gasteiger partial charge in [0, 0.05) is 13.2 Å². The van der Waals surface area contributed by atoms with Crippen molar-refractivity contribution >= 4 is 0 Å². The molecule has 1 aliphatic carbocycles. The zero-order valence-corrected chi connectivity index (χ0v) is 9.18. The second-order valence-corrected chi connectivity index (χ2v) is 3.98. The SMILES string of the molecule is CCCC(OC)C(NCC)C1CC1. The largest absolute Gasteiger partial charge is 0.380 e. The van der Waals surface area contributed by atoms with Crippen LogP contribution in [-0.2, 0) is 4.74 Å². The van der Waals surface area contributed by atoms with Gasteiger partial charge in [-0.3, -0.25) is 0 Å². The van der Waals surface area contributed by atoms with E-state index in [1.165, 1.54) is 25.7 Å². The summed E-state index contributed by atoms with van der Waals surface area (Å²) in [5, 5.41) is 3.56. The van der Waals surface area contributed by atoms with Crippen molar-refractivity contribution in [2.24, 2.45) is 5.92 Å². The van der Waals surface area contributed by atoms with Crippen LogP contribution in [0.3, 0.4) is 0 Å². The van der Waals surface area contributed by atoms with Gasteiger partial charge in [0.15, 0.2) is 0 Å². The predicted molar refractivity (Wildman–Crippen MR) is 55.9 cm³/mol. The molecule has 78 valence electrons. The second kappa shape index (κ2) is 5.61. The average Bonchev–Trinajstić information content (AvgIpc) is 2.94. The first kappa shape index (κ1) is 11.0. The van der Waals surface area contributed by atoms with Crippen LogP contribution in [0.1, 0.15) is 39.5 Å². The van der Waals surface area contributed by atoms with Crippen LogP contribution >= 0.6 is 0 Å². The highest BCUT2D eigenvalue weighted by atomic mass is 16.5. The number of hydrogen-bond acceptors (Lipinski definition) is 2. The minimum Gasteiger partial charge on any atom is -0.380 e. The molecule has 0 aromatic carbocycles. The summed E-state index contributed by atoms with van der Waals surface area (Å²) < 4.78 is 5.54. The summed E-state index contributed by atoms with van der Waals surface area (Å²) in [5.74, 6) is 0.886. The quantitative estimate of drug-likeness (QED) is 0.656. The molecule has 0 saturated heterocycles. The van der Waals surface area contributed by atoms with E-state index in [0.29, 0.717) is 12.1 Å². The fourth-order valence-corrected chi connectivity index (χ4v) is 2.02. The van der Waals surface area contributed by atoms with Crippen molar-refractivity contribution < 1.29 is 4.74 Å². The summed E-state index contributed by atoms with van der Waals surface area (Å²) in [6.45, 7) is 5.46. The first-order valence-electron chi connectivity index (χ1n) is 5.59. The molecule has 2 nitrogen and oxygen atoms in total. The molecular weight excluding hydrogens is 162 g/mol. The molecule has 0 radical (unpaired) electrons. The van der Waals surface area contributed by atoms with Crippen LogP contribution in [0.4, 0.5) is 0 Å². The first-order valence-corrected chi connectivity index (χ1v) is 5.59. The van der Waals surface area contributed by atoms with Gasteiger partial charge in [0.05, 0.1) is 6.10 Å². The Morgan fingerprint density at radius 3 is 2.46 bits per heavy atom. The lowest BCUT2D eigenvalue weighted by molar-refractivity contribution is 0.0544. The summed E-state index contributed by atoms with van der Waals surface area (Å²) in [6, 6.07) is 0.606. The molecule has 2 heteroatoms. The third kappa shape index (κ3) is 3.28. The zero-order chi connectivity index (χ0) is 9.68. The topological polar surface area (TPSA) is 21.3 Å². The van der Waals surface area contributed by atoms with Crippen molar-refractivity contribution in [2.75, 3.05) is 13.7 Å². The van der Waals surface area contributed by atoms with Crippen molar-refractivity contribution in [3.8, 4) is 0 Å². The molecule has 0 aromatic heterocycles. The maximum atomic E-state index is 5.54. The summed E-state index contributed by atoms with van der Waals surface area (Å²) in [7, 11) is 1.84. The normalized spacial score (nSPS) is 21.5. The van der Waals surface area contributed by atoms with E-state index < -0.39 is 0 Å². The van der Waals surface area contributed by atoms with Crippen LogP contribution in [0.15, 0.2) is 0 Å². The van der Waals surface area contributed by atoms with E-state index in [-0.39, 0.29) is 0 Å². The van der Waals surface area contributed by atoms with E-state index >= 15 is 0 Å². The van der Waals surface area contributed by atoms with Gasteiger partial charge in [0.25, 0.3) is 0 Å². The van der Waals surface area contributed by atoms with Gasteiger partial charge >= 0.3 is 0 Å². The lowest BCUT2D eigenvalue weighted by Gasteiger charge is -2.26. The van der Waals surface area contributed by atoms with Crippen LogP contribution in [0, 0.1) is 5.92 Å². The Balaban J connectivity index is 2.38. The zero-order valence-electron chi connectivity index (χ0n) is 9.18. The number of hydrogen-bond donors (Lipinski definition) is 1. The highest BCUT2D eigenvalue weighted by Gasteiger charge is 2.35. The summed E-state index contributed by atoms with van der Waals surface area (Å²) >= 11 is 0. The molecule has 0 aliphatic heterocycles. The van der Waals surface area contributed by atoms with Crippen LogP contribution < -0.4 is 5.32 Å². The molecule has 13 heavy (non-hydrogen) atoms. The van der Waals surface area contributed by atoms with Gasteiger partial charge in [-0.1, -0.05) is 20.3 Å². The van der Waals surface area contributed by atoms with Crippen molar-refractivity contribution in [1.82, 2.24) is 5.32 Å². The lowest BCUT2D eigenvalue weighted by Crippen LogP contribution is -2.42. The van der Waals surface area contributed by atoms with Gasteiger partial charge in [0.2, 0.25) is 0 Å². The second-order valence-electron chi connectivity index (χ2n) is 3.98. The van der Waals surface area contributed by atoms with Gasteiger partial charge in [0.1, 0.15) is 0 Å². The van der Waals surface area contributed by atoms with Crippen molar-refractivity contribution in [2.45, 2.75) is 51.7 Å². The molecule has 0 aromatic rings. The Morgan fingerprint density at radius 2 is 2.08 bits per heavy atom. The Bertz CT molecular complexity index is 134. The maximum Gasteiger partial charge on any atom is 0.0726 e. The van der Waals surface area contributed by atoms with Crippen molar-refractivity contribution in [3.63, 3.8) is 0 Å². The Labute approximate surface area is 82.0 Å². The molecule has 0 spiro atoms. The number of likely N-dealkylation sites (N-methyl/N-ethyl adjacent to an activating group) is 1. The monoisotopic (exact) mass is 185 g/mol. The van der Waals surface area contributed by atoms with Crippen molar-refractivity contribution in [3.05, 3.63) is 0 Å². The third-order valence-electron chi connectivity index (χ3n) is 2.85. The molecule has 1 saturated carbocycles. The highest BCUT2D eigenvalue weighted by molar-refractivity contribution is 4.91. The number of methoxy groups -OCH3 is 1. The van der Waals surface area contributed by atoms with E-state index in [2.05, 4.69) is 19.2 Å². The van der Waals surface area contributed by atoms with Crippen LogP contribution in [0.5, 0.6) is 0 Å². The average molecular weight is 185 g/mol. The molecular formula is C11H23NO. The van der Waals surface area contributed by atoms with Crippen LogP contribution in [0.25, 0.3) is 0 Å². The van der Waals surface area contributed by atoms with E-state index in [9.17, 15) is 0 Å². The molecule has 2 atom stereocenters. The molecule has 0 amide bonds. The molecule has 1 fully saturated rings. The smallest absolute Gasteiger partial charge is 0.0726 e. The maximum absolute atomic E-state index is 5.54. The minimum atomic E-state index is 0.428. The summed E-state index contributed by atoms with van der Waals surface area (Å²) in [4.78, 5) is 0. The molecule has 0 bridgehead atoms. The van der Waals surface area contributed by atoms with Crippen LogP contribution in [-0.4, -0.2) is 25.8 Å². The van der Waals surface area contributed by atoms with E-state index in [4.69, 9.17) is 4.74 Å². The lowest BCUT2D eigenvalue weighted by atomic mass is 10.0. The predicted octanol–water partition coefficient (Wildman–Crippen LogP) is 2.19. The number of rotatable bonds is 7.